The first-order valence-electron chi connectivity index (χ1n) is 11.1. The molecular weight excluding hydrogens is 438 g/mol. The fourth-order valence-corrected chi connectivity index (χ4v) is 7.76. The third kappa shape index (κ3) is 2.80. The van der Waals surface area contributed by atoms with E-state index >= 15 is 0 Å². The van der Waals surface area contributed by atoms with Crippen LogP contribution in [0.1, 0.15) is 5.56 Å². The van der Waals surface area contributed by atoms with Crippen molar-refractivity contribution in [2.75, 3.05) is 0 Å². The number of benzene rings is 4. The molecule has 33 heavy (non-hydrogen) atoms. The molecule has 3 heterocycles. The zero-order valence-corrected chi connectivity index (χ0v) is 19.6. The molecule has 3 aromatic heterocycles. The molecule has 0 aliphatic heterocycles. The molecule has 0 saturated heterocycles. The van der Waals surface area contributed by atoms with Crippen molar-refractivity contribution < 1.29 is 0 Å². The lowest BCUT2D eigenvalue weighted by molar-refractivity contribution is 1.33. The third-order valence-electron chi connectivity index (χ3n) is 6.51. The average Bonchev–Trinajstić information content (AvgIpc) is 3.43. The summed E-state index contributed by atoms with van der Waals surface area (Å²) in [6.45, 7) is 2.29. The predicted octanol–water partition coefficient (Wildman–Crippen LogP) is 9.46. The topological polar surface area (TPSA) is 12.9 Å². The highest BCUT2D eigenvalue weighted by Crippen LogP contribution is 2.50. The summed E-state index contributed by atoms with van der Waals surface area (Å²) >= 11 is 3.83. The molecule has 0 atom stereocenters. The Balaban J connectivity index is 1.66. The van der Waals surface area contributed by atoms with E-state index in [1.54, 1.807) is 0 Å². The summed E-state index contributed by atoms with van der Waals surface area (Å²) in [5, 5.41) is 5.49. The van der Waals surface area contributed by atoms with E-state index < -0.39 is 0 Å². The van der Waals surface area contributed by atoms with E-state index in [4.69, 9.17) is 4.98 Å². The van der Waals surface area contributed by atoms with Crippen LogP contribution in [0.15, 0.2) is 97.2 Å². The van der Waals surface area contributed by atoms with Crippen molar-refractivity contribution >= 4 is 63.0 Å². The number of rotatable bonds is 2. The molecule has 0 N–H and O–H groups in total. The maximum atomic E-state index is 4.70. The van der Waals surface area contributed by atoms with Crippen LogP contribution in [0.3, 0.4) is 0 Å². The van der Waals surface area contributed by atoms with E-state index in [0.29, 0.717) is 0 Å². The van der Waals surface area contributed by atoms with Gasteiger partial charge in [-0.05, 0) is 42.3 Å². The number of pyridine rings is 1. The van der Waals surface area contributed by atoms with Crippen LogP contribution >= 0.6 is 22.7 Å². The van der Waals surface area contributed by atoms with Crippen LogP contribution < -0.4 is 0 Å². The molecule has 1 nitrogen and oxygen atoms in total. The molecule has 0 spiro atoms. The van der Waals surface area contributed by atoms with E-state index in [1.807, 2.05) is 34.9 Å². The van der Waals surface area contributed by atoms with Gasteiger partial charge >= 0.3 is 0 Å². The molecule has 0 saturated carbocycles. The van der Waals surface area contributed by atoms with Gasteiger partial charge in [-0.1, -0.05) is 66.7 Å². The maximum absolute atomic E-state index is 4.70. The summed E-state index contributed by atoms with van der Waals surface area (Å²) < 4.78 is 5.47. The first kappa shape index (κ1) is 19.0. The second kappa shape index (κ2) is 7.24. The summed E-state index contributed by atoms with van der Waals surface area (Å²) in [6, 6.07) is 32.5. The van der Waals surface area contributed by atoms with Crippen molar-refractivity contribution in [2.24, 2.45) is 0 Å². The monoisotopic (exact) mass is 457 g/mol. The van der Waals surface area contributed by atoms with Crippen LogP contribution in [0.25, 0.3) is 62.7 Å². The van der Waals surface area contributed by atoms with Crippen LogP contribution in [0.2, 0.25) is 0 Å². The van der Waals surface area contributed by atoms with E-state index in [9.17, 15) is 0 Å². The summed E-state index contributed by atoms with van der Waals surface area (Å²) in [5.74, 6) is 0. The molecule has 3 heteroatoms. The highest BCUT2D eigenvalue weighted by Gasteiger charge is 2.21. The fourth-order valence-electron chi connectivity index (χ4n) is 5.04. The van der Waals surface area contributed by atoms with E-state index in [0.717, 1.165) is 11.3 Å². The van der Waals surface area contributed by atoms with Gasteiger partial charge in [0, 0.05) is 57.7 Å². The van der Waals surface area contributed by atoms with Crippen LogP contribution in [-0.2, 0) is 0 Å². The quantitative estimate of drug-likeness (QED) is 0.252. The molecule has 0 amide bonds. The Labute approximate surface area is 199 Å². The first-order valence-corrected chi connectivity index (χ1v) is 12.7. The molecule has 0 radical (unpaired) electrons. The van der Waals surface area contributed by atoms with Crippen LogP contribution in [0.4, 0.5) is 0 Å². The van der Waals surface area contributed by atoms with Crippen molar-refractivity contribution in [1.82, 2.24) is 4.98 Å². The number of nitrogens with zero attached hydrogens (tertiary/aromatic N) is 1. The van der Waals surface area contributed by atoms with Gasteiger partial charge in [0.05, 0.1) is 5.69 Å². The maximum Gasteiger partial charge on any atom is 0.0708 e. The Morgan fingerprint density at radius 3 is 2.00 bits per heavy atom. The van der Waals surface area contributed by atoms with Crippen LogP contribution in [0, 0.1) is 6.92 Å². The smallest absolute Gasteiger partial charge is 0.0708 e. The van der Waals surface area contributed by atoms with Gasteiger partial charge in [0.25, 0.3) is 0 Å². The fraction of sp³-hybridized carbons (Fsp3) is 0.0333. The lowest BCUT2D eigenvalue weighted by atomic mass is 9.93. The van der Waals surface area contributed by atoms with Gasteiger partial charge in [-0.15, -0.1) is 22.7 Å². The molecule has 156 valence electrons. The molecule has 0 unspecified atom stereocenters. The Bertz CT molecular complexity index is 1820. The van der Waals surface area contributed by atoms with Crippen LogP contribution in [0.5, 0.6) is 0 Å². The van der Waals surface area contributed by atoms with E-state index in [1.165, 1.54) is 57.0 Å². The van der Waals surface area contributed by atoms with E-state index in [2.05, 4.69) is 91.9 Å². The van der Waals surface area contributed by atoms with Gasteiger partial charge in [0.2, 0.25) is 0 Å². The number of fused-ring (bicyclic) bond motifs is 7. The van der Waals surface area contributed by atoms with Gasteiger partial charge in [-0.2, -0.15) is 0 Å². The SMILES string of the molecule is Cc1c(-c2ccnc(-c3ccccc3)c2)c2sc3ccccc3c2c2sc3ccccc3c12. The molecule has 0 aliphatic carbocycles. The lowest BCUT2D eigenvalue weighted by Gasteiger charge is -2.12. The minimum absolute atomic E-state index is 1.01. The van der Waals surface area contributed by atoms with Gasteiger partial charge in [0.15, 0.2) is 0 Å². The first-order chi connectivity index (χ1) is 16.3. The standard InChI is InChI=1S/C30H19NS2/c1-18-26(20-15-16-31-23(17-20)19-9-3-2-4-10-19)29-28(22-12-6-8-14-25(22)32-29)30-27(18)21-11-5-7-13-24(21)33-30/h2-17H,1H3. The average molecular weight is 458 g/mol. The lowest BCUT2D eigenvalue weighted by Crippen LogP contribution is -1.89. The molecule has 7 aromatic rings. The highest BCUT2D eigenvalue weighted by atomic mass is 32.1. The Morgan fingerprint density at radius 1 is 0.606 bits per heavy atom. The summed E-state index contributed by atoms with van der Waals surface area (Å²) in [4.78, 5) is 4.70. The third-order valence-corrected chi connectivity index (χ3v) is 8.89. The summed E-state index contributed by atoms with van der Waals surface area (Å²) in [6.07, 6.45) is 1.95. The van der Waals surface area contributed by atoms with Gasteiger partial charge in [0.1, 0.15) is 0 Å². The largest absolute Gasteiger partial charge is 0.256 e. The molecule has 0 fully saturated rings. The molecule has 4 aromatic carbocycles. The Hall–Kier alpha value is -3.53. The second-order valence-electron chi connectivity index (χ2n) is 8.40. The Morgan fingerprint density at radius 2 is 1.24 bits per heavy atom. The van der Waals surface area contributed by atoms with Crippen molar-refractivity contribution in [2.45, 2.75) is 6.92 Å². The van der Waals surface area contributed by atoms with Gasteiger partial charge in [-0.25, -0.2) is 0 Å². The molecular formula is C30H19NS2. The number of hydrogen-bond acceptors (Lipinski definition) is 3. The zero-order valence-electron chi connectivity index (χ0n) is 18.0. The van der Waals surface area contributed by atoms with Crippen LogP contribution in [-0.4, -0.2) is 4.98 Å². The normalized spacial score (nSPS) is 11.8. The highest BCUT2D eigenvalue weighted by molar-refractivity contribution is 7.30. The van der Waals surface area contributed by atoms with E-state index in [-0.39, 0.29) is 0 Å². The van der Waals surface area contributed by atoms with Crippen molar-refractivity contribution in [1.29, 1.82) is 0 Å². The number of aryl methyl sites for hydroxylation is 1. The predicted molar refractivity (Wildman–Crippen MR) is 146 cm³/mol. The van der Waals surface area contributed by atoms with Crippen molar-refractivity contribution in [3.8, 4) is 22.4 Å². The van der Waals surface area contributed by atoms with Crippen molar-refractivity contribution in [3.05, 3.63) is 103 Å². The molecule has 7 rings (SSSR count). The zero-order chi connectivity index (χ0) is 21.9. The molecule has 0 aliphatic rings. The second-order valence-corrected chi connectivity index (χ2v) is 10.5. The van der Waals surface area contributed by atoms with Crippen molar-refractivity contribution in [3.63, 3.8) is 0 Å². The molecule has 0 bridgehead atoms. The van der Waals surface area contributed by atoms with Gasteiger partial charge in [-0.3, -0.25) is 4.98 Å². The number of aromatic nitrogens is 1. The number of thiophene rings is 2. The number of hydrogen-bond donors (Lipinski definition) is 0. The summed E-state index contributed by atoms with van der Waals surface area (Å²) in [7, 11) is 0. The van der Waals surface area contributed by atoms with Gasteiger partial charge < -0.3 is 0 Å². The Kier molecular flexibility index (Phi) is 4.17. The minimum Gasteiger partial charge on any atom is -0.256 e. The minimum atomic E-state index is 1.01. The summed E-state index contributed by atoms with van der Waals surface area (Å²) in [5.41, 5.74) is 6.08.